The highest BCUT2D eigenvalue weighted by molar-refractivity contribution is 5.66. The summed E-state index contributed by atoms with van der Waals surface area (Å²) in [7, 11) is 0. The Morgan fingerprint density at radius 3 is 1.87 bits per heavy atom. The first-order valence-corrected chi connectivity index (χ1v) is 8.68. The molecule has 124 valence electrons. The quantitative estimate of drug-likeness (QED) is 0.666. The second kappa shape index (κ2) is 8.05. The van der Waals surface area contributed by atoms with Gasteiger partial charge in [0.25, 0.3) is 0 Å². The van der Waals surface area contributed by atoms with Crippen molar-refractivity contribution in [2.24, 2.45) is 5.92 Å². The average molecular weight is 310 g/mol. The Morgan fingerprint density at radius 1 is 0.783 bits per heavy atom. The molecule has 23 heavy (non-hydrogen) atoms. The first-order valence-electron chi connectivity index (χ1n) is 8.68. The molecule has 2 rings (SSSR count). The molecule has 1 unspecified atom stereocenters. The Hall–Kier alpha value is -1.96. The highest BCUT2D eigenvalue weighted by atomic mass is 15.2. The lowest BCUT2D eigenvalue weighted by molar-refractivity contribution is 0.540. The third-order valence-electron chi connectivity index (χ3n) is 3.93. The van der Waals surface area contributed by atoms with Crippen molar-refractivity contribution in [2.45, 2.75) is 53.1 Å². The van der Waals surface area contributed by atoms with Crippen LogP contribution in [-0.4, -0.2) is 12.1 Å². The van der Waals surface area contributed by atoms with Crippen LogP contribution in [-0.2, 0) is 0 Å². The largest absolute Gasteiger partial charge is 0.383 e. The minimum absolute atomic E-state index is 0.413. The molecule has 0 fully saturated rings. The Balaban J connectivity index is 2.13. The van der Waals surface area contributed by atoms with Crippen LogP contribution in [0.5, 0.6) is 0 Å². The third-order valence-corrected chi connectivity index (χ3v) is 3.93. The molecule has 1 atom stereocenters. The zero-order valence-electron chi connectivity index (χ0n) is 15.1. The molecule has 0 heterocycles. The number of para-hydroxylation sites is 1. The van der Waals surface area contributed by atoms with Crippen LogP contribution in [0.3, 0.4) is 0 Å². The molecule has 0 radical (unpaired) electrons. The second-order valence-corrected chi connectivity index (χ2v) is 7.02. The minimum atomic E-state index is 0.413. The molecular weight excluding hydrogens is 280 g/mol. The Morgan fingerprint density at radius 2 is 1.35 bits per heavy atom. The molecule has 0 bridgehead atoms. The van der Waals surface area contributed by atoms with E-state index in [1.807, 2.05) is 0 Å². The monoisotopic (exact) mass is 310 g/mol. The molecule has 2 nitrogen and oxygen atoms in total. The maximum Gasteiger partial charge on any atom is 0.0414 e. The van der Waals surface area contributed by atoms with Gasteiger partial charge >= 0.3 is 0 Å². The van der Waals surface area contributed by atoms with Gasteiger partial charge in [0.1, 0.15) is 0 Å². The van der Waals surface area contributed by atoms with E-state index in [0.717, 1.165) is 0 Å². The van der Waals surface area contributed by atoms with Crippen LogP contribution in [0.4, 0.5) is 17.1 Å². The minimum Gasteiger partial charge on any atom is -0.383 e. The van der Waals surface area contributed by atoms with E-state index in [2.05, 4.69) is 99.4 Å². The number of nitrogens with zero attached hydrogens (tertiary/aromatic N) is 1. The van der Waals surface area contributed by atoms with Crippen molar-refractivity contribution in [3.63, 3.8) is 0 Å². The Bertz CT molecular complexity index is 573. The molecule has 2 aromatic rings. The van der Waals surface area contributed by atoms with Gasteiger partial charge in [-0.15, -0.1) is 0 Å². The fourth-order valence-corrected chi connectivity index (χ4v) is 3.10. The summed E-state index contributed by atoms with van der Waals surface area (Å²) in [6.45, 7) is 11.2. The summed E-state index contributed by atoms with van der Waals surface area (Å²) in [6.07, 6.45) is 1.18. The van der Waals surface area contributed by atoms with E-state index in [1.54, 1.807) is 0 Å². The molecular formula is C21H30N2. The molecule has 0 aliphatic heterocycles. The van der Waals surface area contributed by atoms with Gasteiger partial charge in [0.15, 0.2) is 0 Å². The van der Waals surface area contributed by atoms with Crippen LogP contribution < -0.4 is 10.2 Å². The lowest BCUT2D eigenvalue weighted by atomic mass is 10.0. The van der Waals surface area contributed by atoms with Gasteiger partial charge < -0.3 is 10.2 Å². The zero-order valence-corrected chi connectivity index (χ0v) is 15.1. The van der Waals surface area contributed by atoms with Gasteiger partial charge in [-0.05, 0) is 69.5 Å². The highest BCUT2D eigenvalue weighted by Gasteiger charge is 2.13. The van der Waals surface area contributed by atoms with Gasteiger partial charge in [0.05, 0.1) is 0 Å². The van der Waals surface area contributed by atoms with Gasteiger partial charge in [0.2, 0.25) is 0 Å². The van der Waals surface area contributed by atoms with E-state index >= 15 is 0 Å². The molecule has 2 aromatic carbocycles. The average Bonchev–Trinajstić information content (AvgIpc) is 2.49. The summed E-state index contributed by atoms with van der Waals surface area (Å²) < 4.78 is 0. The number of rotatable bonds is 7. The summed E-state index contributed by atoms with van der Waals surface area (Å²) in [5, 5.41) is 3.59. The van der Waals surface area contributed by atoms with Gasteiger partial charge in [-0.2, -0.15) is 0 Å². The van der Waals surface area contributed by atoms with Gasteiger partial charge in [-0.25, -0.2) is 0 Å². The zero-order chi connectivity index (χ0) is 16.8. The van der Waals surface area contributed by atoms with Crippen molar-refractivity contribution in [3.8, 4) is 0 Å². The molecule has 0 saturated carbocycles. The first kappa shape index (κ1) is 17.4. The normalized spacial score (nSPS) is 12.5. The van der Waals surface area contributed by atoms with Gasteiger partial charge in [0, 0.05) is 29.1 Å². The van der Waals surface area contributed by atoms with E-state index in [4.69, 9.17) is 0 Å². The summed E-state index contributed by atoms with van der Waals surface area (Å²) in [5.41, 5.74) is 3.66. The Labute approximate surface area is 141 Å². The molecule has 0 aromatic heterocycles. The van der Waals surface area contributed by atoms with Crippen LogP contribution in [0.15, 0.2) is 54.6 Å². The molecule has 0 aliphatic rings. The number of nitrogens with one attached hydrogen (secondary N) is 1. The Kier molecular flexibility index (Phi) is 6.09. The fourth-order valence-electron chi connectivity index (χ4n) is 3.10. The van der Waals surface area contributed by atoms with Crippen molar-refractivity contribution < 1.29 is 0 Å². The second-order valence-electron chi connectivity index (χ2n) is 7.02. The van der Waals surface area contributed by atoms with Crippen molar-refractivity contribution in [1.29, 1.82) is 0 Å². The number of hydrogen-bond acceptors (Lipinski definition) is 2. The molecule has 1 N–H and O–H groups in total. The summed E-state index contributed by atoms with van der Waals surface area (Å²) >= 11 is 0. The molecule has 0 amide bonds. The topological polar surface area (TPSA) is 15.3 Å². The van der Waals surface area contributed by atoms with E-state index in [1.165, 1.54) is 23.5 Å². The van der Waals surface area contributed by atoms with E-state index < -0.39 is 0 Å². The van der Waals surface area contributed by atoms with Gasteiger partial charge in [-0.3, -0.25) is 0 Å². The number of hydrogen-bond donors (Lipinski definition) is 1. The first-order chi connectivity index (χ1) is 11.0. The van der Waals surface area contributed by atoms with Crippen molar-refractivity contribution >= 4 is 17.1 Å². The number of benzene rings is 2. The molecule has 2 heteroatoms. The standard InChI is InChI=1S/C21H30N2/c1-16(2)15-18(5)22-19-11-13-21(14-12-19)23(17(3)4)20-9-7-6-8-10-20/h6-14,16-18,22H,15H2,1-5H3. The molecule has 0 aliphatic carbocycles. The SMILES string of the molecule is CC(C)CC(C)Nc1ccc(N(c2ccccc2)C(C)C)cc1. The van der Waals surface area contributed by atoms with E-state index in [-0.39, 0.29) is 0 Å². The summed E-state index contributed by atoms with van der Waals surface area (Å²) in [4.78, 5) is 2.36. The fraction of sp³-hybridized carbons (Fsp3) is 0.429. The maximum absolute atomic E-state index is 3.59. The van der Waals surface area contributed by atoms with Crippen molar-refractivity contribution in [1.82, 2.24) is 0 Å². The van der Waals surface area contributed by atoms with E-state index in [0.29, 0.717) is 18.0 Å². The lowest BCUT2D eigenvalue weighted by Crippen LogP contribution is -2.25. The van der Waals surface area contributed by atoms with Crippen LogP contribution >= 0.6 is 0 Å². The smallest absolute Gasteiger partial charge is 0.0414 e. The van der Waals surface area contributed by atoms with E-state index in [9.17, 15) is 0 Å². The van der Waals surface area contributed by atoms with Crippen LogP contribution in [0.1, 0.15) is 41.0 Å². The predicted octanol–water partition coefficient (Wildman–Crippen LogP) is 6.08. The van der Waals surface area contributed by atoms with Crippen molar-refractivity contribution in [3.05, 3.63) is 54.6 Å². The highest BCUT2D eigenvalue weighted by Crippen LogP contribution is 2.29. The van der Waals surface area contributed by atoms with Gasteiger partial charge in [-0.1, -0.05) is 32.0 Å². The summed E-state index contributed by atoms with van der Waals surface area (Å²) in [6, 6.07) is 20.3. The van der Waals surface area contributed by atoms with Crippen LogP contribution in [0.25, 0.3) is 0 Å². The molecule has 0 spiro atoms. The number of anilines is 3. The summed E-state index contributed by atoms with van der Waals surface area (Å²) in [5.74, 6) is 0.714. The van der Waals surface area contributed by atoms with Crippen molar-refractivity contribution in [2.75, 3.05) is 10.2 Å². The molecule has 0 saturated heterocycles. The van der Waals surface area contributed by atoms with Crippen LogP contribution in [0, 0.1) is 5.92 Å². The maximum atomic E-state index is 3.59. The third kappa shape index (κ3) is 5.02. The predicted molar refractivity (Wildman–Crippen MR) is 103 cm³/mol. The lowest BCUT2D eigenvalue weighted by Gasteiger charge is -2.29. The van der Waals surface area contributed by atoms with Crippen LogP contribution in [0.2, 0.25) is 0 Å².